The van der Waals surface area contributed by atoms with Crippen LogP contribution in [0.5, 0.6) is 11.5 Å². The molecule has 4 rings (SSSR count). The number of amides is 2. The van der Waals surface area contributed by atoms with Crippen LogP contribution in [0.1, 0.15) is 12.0 Å². The van der Waals surface area contributed by atoms with E-state index in [1.54, 1.807) is 36.4 Å². The number of carbonyl (C=O) groups excluding carboxylic acids is 2. The Labute approximate surface area is 155 Å². The highest BCUT2D eigenvalue weighted by Gasteiger charge is 2.34. The van der Waals surface area contributed by atoms with Crippen molar-refractivity contribution in [2.45, 2.75) is 13.0 Å². The normalized spacial score (nSPS) is 18.5. The second kappa shape index (κ2) is 7.26. The number of nitrogens with one attached hydrogen (secondary N) is 1. The third-order valence-electron chi connectivity index (χ3n) is 4.71. The third kappa shape index (κ3) is 3.72. The van der Waals surface area contributed by atoms with Crippen molar-refractivity contribution < 1.29 is 23.5 Å². The van der Waals surface area contributed by atoms with Crippen LogP contribution in [0.15, 0.2) is 42.5 Å². The molecule has 0 radical (unpaired) electrons. The first kappa shape index (κ1) is 17.3. The number of hydrogen-bond acceptors (Lipinski definition) is 4. The molecule has 1 unspecified atom stereocenters. The molecule has 2 aromatic rings. The first-order valence-corrected chi connectivity index (χ1v) is 8.82. The van der Waals surface area contributed by atoms with Crippen LogP contribution in [-0.2, 0) is 16.1 Å². The minimum Gasteiger partial charge on any atom is -0.486 e. The maximum atomic E-state index is 13.8. The SMILES string of the molecule is O=C(Nc1ccc2c(c1)OCCO2)C1CC(=O)N(Cc2ccccc2F)C1. The number of anilines is 1. The van der Waals surface area contributed by atoms with E-state index in [0.29, 0.717) is 36.0 Å². The Kier molecular flexibility index (Phi) is 4.66. The Morgan fingerprint density at radius 3 is 2.74 bits per heavy atom. The molecular formula is C20H19FN2O4. The highest BCUT2D eigenvalue weighted by Crippen LogP contribution is 2.33. The van der Waals surface area contributed by atoms with Gasteiger partial charge in [0, 0.05) is 36.8 Å². The molecule has 140 valence electrons. The average Bonchev–Trinajstić information content (AvgIpc) is 3.04. The van der Waals surface area contributed by atoms with Crippen molar-refractivity contribution in [3.63, 3.8) is 0 Å². The molecule has 27 heavy (non-hydrogen) atoms. The molecule has 0 spiro atoms. The molecule has 2 heterocycles. The highest BCUT2D eigenvalue weighted by molar-refractivity contribution is 5.97. The standard InChI is InChI=1S/C20H19FN2O4/c21-16-4-2-1-3-13(16)11-23-12-14(9-19(23)24)20(25)22-15-5-6-17-18(10-15)27-8-7-26-17/h1-6,10,14H,7-9,11-12H2,(H,22,25). The fourth-order valence-electron chi connectivity index (χ4n) is 3.30. The van der Waals surface area contributed by atoms with Crippen LogP contribution in [0, 0.1) is 11.7 Å². The summed E-state index contributed by atoms with van der Waals surface area (Å²) in [5.41, 5.74) is 1.03. The molecule has 2 aliphatic heterocycles. The maximum Gasteiger partial charge on any atom is 0.229 e. The van der Waals surface area contributed by atoms with Crippen molar-refractivity contribution in [2.75, 3.05) is 25.1 Å². The fraction of sp³-hybridized carbons (Fsp3) is 0.300. The number of ether oxygens (including phenoxy) is 2. The summed E-state index contributed by atoms with van der Waals surface area (Å²) < 4.78 is 24.8. The molecule has 0 aliphatic carbocycles. The van der Waals surface area contributed by atoms with Gasteiger partial charge in [0.1, 0.15) is 19.0 Å². The Hall–Kier alpha value is -3.09. The Bertz CT molecular complexity index is 886. The van der Waals surface area contributed by atoms with Gasteiger partial charge in [-0.2, -0.15) is 0 Å². The first-order chi connectivity index (χ1) is 13.1. The third-order valence-corrected chi connectivity index (χ3v) is 4.71. The Morgan fingerprint density at radius 2 is 1.93 bits per heavy atom. The van der Waals surface area contributed by atoms with Gasteiger partial charge in [0.15, 0.2) is 11.5 Å². The van der Waals surface area contributed by atoms with Crippen molar-refractivity contribution in [2.24, 2.45) is 5.92 Å². The van der Waals surface area contributed by atoms with Crippen molar-refractivity contribution in [3.8, 4) is 11.5 Å². The van der Waals surface area contributed by atoms with Gasteiger partial charge in [-0.3, -0.25) is 9.59 Å². The zero-order valence-electron chi connectivity index (χ0n) is 14.6. The van der Waals surface area contributed by atoms with E-state index in [9.17, 15) is 14.0 Å². The molecule has 1 fully saturated rings. The zero-order valence-corrected chi connectivity index (χ0v) is 14.6. The molecule has 0 bridgehead atoms. The van der Waals surface area contributed by atoms with E-state index in [-0.39, 0.29) is 37.1 Å². The smallest absolute Gasteiger partial charge is 0.229 e. The Morgan fingerprint density at radius 1 is 1.15 bits per heavy atom. The van der Waals surface area contributed by atoms with Gasteiger partial charge in [-0.15, -0.1) is 0 Å². The van der Waals surface area contributed by atoms with E-state index in [1.807, 2.05) is 0 Å². The van der Waals surface area contributed by atoms with Crippen LogP contribution < -0.4 is 14.8 Å². The van der Waals surface area contributed by atoms with Crippen LogP contribution >= 0.6 is 0 Å². The zero-order chi connectivity index (χ0) is 18.8. The summed E-state index contributed by atoms with van der Waals surface area (Å²) in [6.45, 7) is 1.40. The molecule has 2 aliphatic rings. The van der Waals surface area contributed by atoms with E-state index in [4.69, 9.17) is 9.47 Å². The lowest BCUT2D eigenvalue weighted by Gasteiger charge is -2.19. The predicted octanol–water partition coefficient (Wildman–Crippen LogP) is 2.58. The highest BCUT2D eigenvalue weighted by atomic mass is 19.1. The van der Waals surface area contributed by atoms with E-state index in [0.717, 1.165) is 0 Å². The molecule has 0 saturated carbocycles. The molecule has 1 N–H and O–H groups in total. The van der Waals surface area contributed by atoms with Crippen LogP contribution in [-0.4, -0.2) is 36.5 Å². The lowest BCUT2D eigenvalue weighted by atomic mass is 10.1. The monoisotopic (exact) mass is 370 g/mol. The number of nitrogens with zero attached hydrogens (tertiary/aromatic N) is 1. The molecule has 7 heteroatoms. The van der Waals surface area contributed by atoms with Gasteiger partial charge in [-0.25, -0.2) is 4.39 Å². The topological polar surface area (TPSA) is 67.9 Å². The predicted molar refractivity (Wildman–Crippen MR) is 96.0 cm³/mol. The van der Waals surface area contributed by atoms with Crippen LogP contribution in [0.3, 0.4) is 0 Å². The quantitative estimate of drug-likeness (QED) is 0.898. The summed E-state index contributed by atoms with van der Waals surface area (Å²) in [5, 5.41) is 2.82. The summed E-state index contributed by atoms with van der Waals surface area (Å²) in [4.78, 5) is 26.3. The van der Waals surface area contributed by atoms with Crippen molar-refractivity contribution in [1.82, 2.24) is 4.90 Å². The van der Waals surface area contributed by atoms with Gasteiger partial charge in [-0.1, -0.05) is 18.2 Å². The molecule has 0 aromatic heterocycles. The van der Waals surface area contributed by atoms with Crippen molar-refractivity contribution >= 4 is 17.5 Å². The molecule has 2 amide bonds. The van der Waals surface area contributed by atoms with E-state index in [2.05, 4.69) is 5.32 Å². The van der Waals surface area contributed by atoms with E-state index in [1.165, 1.54) is 11.0 Å². The number of fused-ring (bicyclic) bond motifs is 1. The van der Waals surface area contributed by atoms with Crippen LogP contribution in [0.2, 0.25) is 0 Å². The lowest BCUT2D eigenvalue weighted by Crippen LogP contribution is -2.28. The second-order valence-electron chi connectivity index (χ2n) is 6.61. The van der Waals surface area contributed by atoms with Crippen molar-refractivity contribution in [3.05, 3.63) is 53.8 Å². The average molecular weight is 370 g/mol. The Balaban J connectivity index is 1.40. The van der Waals surface area contributed by atoms with Gasteiger partial charge < -0.3 is 19.7 Å². The van der Waals surface area contributed by atoms with Crippen LogP contribution in [0.25, 0.3) is 0 Å². The summed E-state index contributed by atoms with van der Waals surface area (Å²) >= 11 is 0. The maximum absolute atomic E-state index is 13.8. The summed E-state index contributed by atoms with van der Waals surface area (Å²) in [7, 11) is 0. The first-order valence-electron chi connectivity index (χ1n) is 8.82. The number of carbonyl (C=O) groups is 2. The van der Waals surface area contributed by atoms with E-state index >= 15 is 0 Å². The van der Waals surface area contributed by atoms with Crippen molar-refractivity contribution in [1.29, 1.82) is 0 Å². The summed E-state index contributed by atoms with van der Waals surface area (Å²) in [6.07, 6.45) is 0.116. The number of likely N-dealkylation sites (tertiary alicyclic amines) is 1. The molecule has 2 aromatic carbocycles. The van der Waals surface area contributed by atoms with Crippen LogP contribution in [0.4, 0.5) is 10.1 Å². The second-order valence-corrected chi connectivity index (χ2v) is 6.61. The number of rotatable bonds is 4. The lowest BCUT2D eigenvalue weighted by molar-refractivity contribution is -0.128. The minimum atomic E-state index is -0.475. The molecule has 6 nitrogen and oxygen atoms in total. The molecular weight excluding hydrogens is 351 g/mol. The largest absolute Gasteiger partial charge is 0.486 e. The van der Waals surface area contributed by atoms with Gasteiger partial charge in [0.2, 0.25) is 11.8 Å². The van der Waals surface area contributed by atoms with Gasteiger partial charge >= 0.3 is 0 Å². The summed E-state index contributed by atoms with van der Waals surface area (Å²) in [5.74, 6) is 0.0117. The number of halogens is 1. The van der Waals surface area contributed by atoms with Gasteiger partial charge in [-0.05, 0) is 18.2 Å². The minimum absolute atomic E-state index is 0.116. The van der Waals surface area contributed by atoms with E-state index < -0.39 is 5.92 Å². The summed E-state index contributed by atoms with van der Waals surface area (Å²) in [6, 6.07) is 11.5. The number of hydrogen-bond donors (Lipinski definition) is 1. The number of benzene rings is 2. The van der Waals surface area contributed by atoms with Gasteiger partial charge in [0.25, 0.3) is 0 Å². The molecule has 1 atom stereocenters. The fourth-order valence-corrected chi connectivity index (χ4v) is 3.30. The van der Waals surface area contributed by atoms with Gasteiger partial charge in [0.05, 0.1) is 5.92 Å². The molecule has 1 saturated heterocycles.